The Morgan fingerprint density at radius 3 is 1.67 bits per heavy atom. The average molecular weight is 184 g/mol. The molecule has 0 saturated carbocycles. The molecule has 0 aromatic carbocycles. The highest BCUT2D eigenvalue weighted by molar-refractivity contribution is 7.80. The summed E-state index contributed by atoms with van der Waals surface area (Å²) in [6.45, 7) is 12.9. The molecule has 0 fully saturated rings. The lowest BCUT2D eigenvalue weighted by molar-refractivity contribution is 0.904. The molecule has 12 heavy (non-hydrogen) atoms. The fraction of sp³-hybridized carbons (Fsp3) is 0.444. The lowest BCUT2D eigenvalue weighted by Gasteiger charge is -2.09. The molecule has 68 valence electrons. The Balaban J connectivity index is 3.47. The molecule has 0 aliphatic carbocycles. The van der Waals surface area contributed by atoms with Crippen molar-refractivity contribution in [2.45, 2.75) is 13.8 Å². The highest BCUT2D eigenvalue weighted by Crippen LogP contribution is 1.83. The van der Waals surface area contributed by atoms with Gasteiger partial charge in [0.1, 0.15) is 0 Å². The summed E-state index contributed by atoms with van der Waals surface area (Å²) in [5.41, 5.74) is 2.13. The minimum atomic E-state index is 0.654. The van der Waals surface area contributed by atoms with E-state index in [1.807, 2.05) is 13.8 Å². The van der Waals surface area contributed by atoms with E-state index in [2.05, 4.69) is 23.8 Å². The molecule has 0 bridgehead atoms. The summed E-state index contributed by atoms with van der Waals surface area (Å²) in [4.78, 5) is 0. The van der Waals surface area contributed by atoms with Crippen molar-refractivity contribution in [1.82, 2.24) is 10.6 Å². The van der Waals surface area contributed by atoms with E-state index in [9.17, 15) is 0 Å². The Labute approximate surface area is 79.7 Å². The van der Waals surface area contributed by atoms with Gasteiger partial charge in [-0.05, 0) is 26.1 Å². The topological polar surface area (TPSA) is 24.1 Å². The molecule has 0 aliphatic rings. The zero-order valence-corrected chi connectivity index (χ0v) is 8.55. The first-order valence-corrected chi connectivity index (χ1v) is 4.23. The van der Waals surface area contributed by atoms with Gasteiger partial charge in [-0.1, -0.05) is 24.3 Å². The van der Waals surface area contributed by atoms with Crippen LogP contribution in [0.3, 0.4) is 0 Å². The van der Waals surface area contributed by atoms with Crippen molar-refractivity contribution in [3.63, 3.8) is 0 Å². The molecule has 0 saturated heterocycles. The Morgan fingerprint density at radius 1 is 1.08 bits per heavy atom. The third kappa shape index (κ3) is 7.28. The van der Waals surface area contributed by atoms with Crippen molar-refractivity contribution in [2.24, 2.45) is 0 Å². The van der Waals surface area contributed by atoms with E-state index in [4.69, 9.17) is 12.2 Å². The van der Waals surface area contributed by atoms with Crippen LogP contribution in [-0.4, -0.2) is 18.2 Å². The monoisotopic (exact) mass is 184 g/mol. The largest absolute Gasteiger partial charge is 0.359 e. The first-order valence-electron chi connectivity index (χ1n) is 3.83. The molecule has 2 nitrogen and oxygen atoms in total. The zero-order chi connectivity index (χ0) is 9.56. The van der Waals surface area contributed by atoms with Crippen LogP contribution in [0.4, 0.5) is 0 Å². The molecule has 0 amide bonds. The van der Waals surface area contributed by atoms with Crippen LogP contribution in [0.1, 0.15) is 13.8 Å². The van der Waals surface area contributed by atoms with Gasteiger partial charge >= 0.3 is 0 Å². The van der Waals surface area contributed by atoms with Crippen LogP contribution >= 0.6 is 12.2 Å². The Bertz CT molecular complexity index is 177. The second-order valence-electron chi connectivity index (χ2n) is 2.95. The fourth-order valence-corrected chi connectivity index (χ4v) is 0.669. The lowest BCUT2D eigenvalue weighted by Crippen LogP contribution is -2.36. The van der Waals surface area contributed by atoms with E-state index in [-0.39, 0.29) is 0 Å². The molecule has 0 atom stereocenters. The van der Waals surface area contributed by atoms with E-state index in [0.717, 1.165) is 24.2 Å². The van der Waals surface area contributed by atoms with Gasteiger partial charge < -0.3 is 10.6 Å². The van der Waals surface area contributed by atoms with Crippen LogP contribution in [0.25, 0.3) is 0 Å². The Morgan fingerprint density at radius 2 is 1.42 bits per heavy atom. The number of nitrogens with one attached hydrogen (secondary N) is 2. The number of hydrogen-bond donors (Lipinski definition) is 2. The van der Waals surface area contributed by atoms with Gasteiger partial charge in [-0.25, -0.2) is 0 Å². The highest BCUT2D eigenvalue weighted by atomic mass is 32.1. The van der Waals surface area contributed by atoms with Gasteiger partial charge in [-0.3, -0.25) is 0 Å². The molecule has 0 spiro atoms. The maximum Gasteiger partial charge on any atom is 0.166 e. The summed E-state index contributed by atoms with van der Waals surface area (Å²) in [6, 6.07) is 0. The van der Waals surface area contributed by atoms with E-state index < -0.39 is 0 Å². The van der Waals surface area contributed by atoms with Crippen LogP contribution < -0.4 is 10.6 Å². The van der Waals surface area contributed by atoms with Crippen molar-refractivity contribution >= 4 is 17.3 Å². The molecule has 3 heteroatoms. The molecular weight excluding hydrogens is 168 g/mol. The van der Waals surface area contributed by atoms with Gasteiger partial charge in [0, 0.05) is 13.1 Å². The Hall–Kier alpha value is -0.830. The van der Waals surface area contributed by atoms with Gasteiger partial charge in [-0.2, -0.15) is 0 Å². The maximum absolute atomic E-state index is 4.99. The minimum Gasteiger partial charge on any atom is -0.359 e. The van der Waals surface area contributed by atoms with Crippen molar-refractivity contribution in [3.05, 3.63) is 24.3 Å². The normalized spacial score (nSPS) is 8.83. The summed E-state index contributed by atoms with van der Waals surface area (Å²) in [5.74, 6) is 0. The van der Waals surface area contributed by atoms with Crippen LogP contribution in [0.15, 0.2) is 24.3 Å². The summed E-state index contributed by atoms with van der Waals surface area (Å²) in [7, 11) is 0. The third-order valence-electron chi connectivity index (χ3n) is 1.10. The van der Waals surface area contributed by atoms with E-state index in [0.29, 0.717) is 5.11 Å². The van der Waals surface area contributed by atoms with Gasteiger partial charge in [0.05, 0.1) is 0 Å². The van der Waals surface area contributed by atoms with E-state index in [1.165, 1.54) is 0 Å². The quantitative estimate of drug-likeness (QED) is 0.512. The average Bonchev–Trinajstić information content (AvgIpc) is 1.96. The number of rotatable bonds is 4. The molecule has 0 radical (unpaired) electrons. The zero-order valence-electron chi connectivity index (χ0n) is 7.74. The first-order chi connectivity index (χ1) is 5.52. The molecule has 0 aliphatic heterocycles. The van der Waals surface area contributed by atoms with Crippen molar-refractivity contribution in [3.8, 4) is 0 Å². The van der Waals surface area contributed by atoms with E-state index in [1.54, 1.807) is 0 Å². The van der Waals surface area contributed by atoms with Crippen molar-refractivity contribution in [2.75, 3.05) is 13.1 Å². The van der Waals surface area contributed by atoms with E-state index >= 15 is 0 Å². The summed E-state index contributed by atoms with van der Waals surface area (Å²) in [5, 5.41) is 6.69. The van der Waals surface area contributed by atoms with Crippen LogP contribution in [-0.2, 0) is 0 Å². The number of thiocarbonyl (C=S) groups is 1. The van der Waals surface area contributed by atoms with Crippen LogP contribution in [0, 0.1) is 0 Å². The molecule has 0 aromatic heterocycles. The molecule has 0 unspecified atom stereocenters. The fourth-order valence-electron chi connectivity index (χ4n) is 0.525. The van der Waals surface area contributed by atoms with Crippen molar-refractivity contribution < 1.29 is 0 Å². The maximum atomic E-state index is 4.99. The van der Waals surface area contributed by atoms with Gasteiger partial charge in [0.25, 0.3) is 0 Å². The SMILES string of the molecule is C=C(C)CNC(=S)NCC(=C)C. The second kappa shape index (κ2) is 5.77. The standard InChI is InChI=1S/C9H16N2S/c1-7(2)5-10-9(12)11-6-8(3)4/h1,3,5-6H2,2,4H3,(H2,10,11,12). The third-order valence-corrected chi connectivity index (χ3v) is 1.39. The lowest BCUT2D eigenvalue weighted by atomic mass is 10.3. The van der Waals surface area contributed by atoms with Crippen LogP contribution in [0.2, 0.25) is 0 Å². The second-order valence-corrected chi connectivity index (χ2v) is 3.36. The molecule has 0 rings (SSSR count). The smallest absolute Gasteiger partial charge is 0.166 e. The molecule has 2 N–H and O–H groups in total. The number of hydrogen-bond acceptors (Lipinski definition) is 1. The predicted molar refractivity (Wildman–Crippen MR) is 58.2 cm³/mol. The van der Waals surface area contributed by atoms with Gasteiger partial charge in [-0.15, -0.1) is 0 Å². The van der Waals surface area contributed by atoms with Gasteiger partial charge in [0.2, 0.25) is 0 Å². The summed E-state index contributed by atoms with van der Waals surface area (Å²) in [6.07, 6.45) is 0. The van der Waals surface area contributed by atoms with Crippen LogP contribution in [0.5, 0.6) is 0 Å². The molecule has 0 heterocycles. The summed E-state index contributed by atoms with van der Waals surface area (Å²) < 4.78 is 0. The summed E-state index contributed by atoms with van der Waals surface area (Å²) >= 11 is 4.99. The molecule has 0 aromatic rings. The minimum absolute atomic E-state index is 0.654. The first kappa shape index (κ1) is 11.2. The van der Waals surface area contributed by atoms with Crippen molar-refractivity contribution in [1.29, 1.82) is 0 Å². The van der Waals surface area contributed by atoms with Gasteiger partial charge in [0.15, 0.2) is 5.11 Å². The predicted octanol–water partition coefficient (Wildman–Crippen LogP) is 1.60. The highest BCUT2D eigenvalue weighted by Gasteiger charge is 1.93. The Kier molecular flexibility index (Phi) is 5.37. The molecular formula is C9H16N2S.